The van der Waals surface area contributed by atoms with E-state index in [0.29, 0.717) is 42.8 Å². The fourth-order valence-electron chi connectivity index (χ4n) is 4.68. The number of hydrogen-bond acceptors (Lipinski definition) is 6. The van der Waals surface area contributed by atoms with Crippen LogP contribution in [0.2, 0.25) is 0 Å². The van der Waals surface area contributed by atoms with Gasteiger partial charge in [-0.2, -0.15) is 13.9 Å². The monoisotopic (exact) mass is 512 g/mol. The fourth-order valence-corrected chi connectivity index (χ4v) is 4.68. The molecule has 0 aromatic carbocycles. The molecule has 1 saturated heterocycles. The molecule has 0 N–H and O–H groups in total. The molecule has 1 aliphatic rings. The van der Waals surface area contributed by atoms with Crippen molar-refractivity contribution < 1.29 is 23.0 Å². The van der Waals surface area contributed by atoms with Gasteiger partial charge in [-0.3, -0.25) is 0 Å². The average molecular weight is 513 g/mol. The second-order valence-electron chi connectivity index (χ2n) is 10.5. The van der Waals surface area contributed by atoms with E-state index in [4.69, 9.17) is 9.47 Å². The summed E-state index contributed by atoms with van der Waals surface area (Å²) in [6, 6.07) is 3.42. The van der Waals surface area contributed by atoms with E-state index < -0.39 is 12.2 Å². The maximum absolute atomic E-state index is 13.3. The lowest BCUT2D eigenvalue weighted by atomic mass is 9.94. The summed E-state index contributed by atoms with van der Waals surface area (Å²) in [5.74, 6) is 0.0541. The third-order valence-corrected chi connectivity index (χ3v) is 6.34. The lowest BCUT2D eigenvalue weighted by molar-refractivity contribution is -0.0491. The van der Waals surface area contributed by atoms with Crippen LogP contribution in [0.5, 0.6) is 5.75 Å². The predicted molar refractivity (Wildman–Crippen MR) is 133 cm³/mol. The first-order chi connectivity index (χ1) is 17.5. The SMILES string of the molecule is Cc1cn2nc(-c3cc(OC(F)F)c4nc(C5CCN(C(=O)OC(C)(C)C)CC5)cn4c3)cc(C)c2n1. The second-order valence-corrected chi connectivity index (χ2v) is 10.5. The number of likely N-dealkylation sites (tertiary alicyclic amines) is 1. The molecule has 1 amide bonds. The number of carbonyl (C=O) groups excluding carboxylic acids is 1. The summed E-state index contributed by atoms with van der Waals surface area (Å²) in [4.78, 5) is 23.2. The van der Waals surface area contributed by atoms with Crippen LogP contribution in [0.4, 0.5) is 13.6 Å². The average Bonchev–Trinajstić information content (AvgIpc) is 3.41. The second kappa shape index (κ2) is 9.28. The van der Waals surface area contributed by atoms with Gasteiger partial charge in [0.25, 0.3) is 0 Å². The van der Waals surface area contributed by atoms with Crippen molar-refractivity contribution in [3.05, 3.63) is 47.7 Å². The van der Waals surface area contributed by atoms with Crippen molar-refractivity contribution in [3.8, 4) is 17.0 Å². The minimum absolute atomic E-state index is 0.0219. The van der Waals surface area contributed by atoms with Crippen molar-refractivity contribution in [1.29, 1.82) is 0 Å². The van der Waals surface area contributed by atoms with Gasteiger partial charge in [-0.05, 0) is 65.2 Å². The van der Waals surface area contributed by atoms with Gasteiger partial charge in [-0.25, -0.2) is 19.3 Å². The molecule has 0 saturated carbocycles. The van der Waals surface area contributed by atoms with E-state index in [1.165, 1.54) is 0 Å². The van der Waals surface area contributed by atoms with Gasteiger partial charge in [0.15, 0.2) is 17.0 Å². The van der Waals surface area contributed by atoms with Crippen molar-refractivity contribution in [3.63, 3.8) is 0 Å². The molecule has 0 radical (unpaired) electrons. The highest BCUT2D eigenvalue weighted by Crippen LogP contribution is 2.33. The van der Waals surface area contributed by atoms with Gasteiger partial charge in [0, 0.05) is 37.0 Å². The number of amides is 1. The molecule has 11 heteroatoms. The molecule has 0 spiro atoms. The molecule has 1 fully saturated rings. The molecule has 4 aromatic rings. The third kappa shape index (κ3) is 5.21. The Bertz CT molecular complexity index is 1460. The molecule has 196 valence electrons. The topological polar surface area (TPSA) is 86.3 Å². The van der Waals surface area contributed by atoms with Gasteiger partial charge in [0.05, 0.1) is 23.3 Å². The molecule has 0 unspecified atom stereocenters. The maximum Gasteiger partial charge on any atom is 0.410 e. The van der Waals surface area contributed by atoms with Crippen molar-refractivity contribution in [2.24, 2.45) is 0 Å². The first kappa shape index (κ1) is 24.9. The Balaban J connectivity index is 1.45. The lowest BCUT2D eigenvalue weighted by Crippen LogP contribution is -2.41. The normalized spacial score (nSPS) is 15.2. The number of fused-ring (bicyclic) bond motifs is 2. The van der Waals surface area contributed by atoms with E-state index in [2.05, 4.69) is 15.1 Å². The number of pyridine rings is 1. The van der Waals surface area contributed by atoms with Crippen LogP contribution in [0, 0.1) is 13.8 Å². The zero-order valence-corrected chi connectivity index (χ0v) is 21.5. The van der Waals surface area contributed by atoms with Crippen LogP contribution in [0.3, 0.4) is 0 Å². The summed E-state index contributed by atoms with van der Waals surface area (Å²) >= 11 is 0. The van der Waals surface area contributed by atoms with Gasteiger partial charge in [-0.1, -0.05) is 0 Å². The van der Waals surface area contributed by atoms with Crippen LogP contribution in [-0.2, 0) is 4.74 Å². The lowest BCUT2D eigenvalue weighted by Gasteiger charge is -2.32. The molecular formula is C26H30F2N6O3. The summed E-state index contributed by atoms with van der Waals surface area (Å²) in [6.07, 6.45) is 6.54. The number of nitrogens with zero attached hydrogens (tertiary/aromatic N) is 6. The number of imidazole rings is 2. The van der Waals surface area contributed by atoms with Crippen LogP contribution in [0.1, 0.15) is 56.5 Å². The Morgan fingerprint density at radius 3 is 2.46 bits per heavy atom. The first-order valence-electron chi connectivity index (χ1n) is 12.3. The number of piperidine rings is 1. The number of rotatable bonds is 4. The largest absolute Gasteiger partial charge is 0.444 e. The van der Waals surface area contributed by atoms with Crippen molar-refractivity contribution in [2.45, 2.75) is 65.6 Å². The fraction of sp³-hybridized carbons (Fsp3) is 0.462. The van der Waals surface area contributed by atoms with Crippen molar-refractivity contribution >= 4 is 17.4 Å². The van der Waals surface area contributed by atoms with Crippen molar-refractivity contribution in [1.82, 2.24) is 28.9 Å². The van der Waals surface area contributed by atoms with Crippen LogP contribution in [-0.4, -0.2) is 60.3 Å². The Labute approximate surface area is 213 Å². The van der Waals surface area contributed by atoms with E-state index >= 15 is 0 Å². The Hall–Kier alpha value is -3.76. The van der Waals surface area contributed by atoms with Crippen LogP contribution >= 0.6 is 0 Å². The Morgan fingerprint density at radius 1 is 1.05 bits per heavy atom. The summed E-state index contributed by atoms with van der Waals surface area (Å²) in [5, 5.41) is 4.63. The molecule has 5 heterocycles. The van der Waals surface area contributed by atoms with E-state index in [1.54, 1.807) is 19.9 Å². The number of carbonyl (C=O) groups is 1. The highest BCUT2D eigenvalue weighted by Gasteiger charge is 2.29. The minimum Gasteiger partial charge on any atom is -0.444 e. The van der Waals surface area contributed by atoms with E-state index in [9.17, 15) is 13.6 Å². The molecule has 37 heavy (non-hydrogen) atoms. The predicted octanol–water partition coefficient (Wildman–Crippen LogP) is 5.38. The summed E-state index contributed by atoms with van der Waals surface area (Å²) in [7, 11) is 0. The summed E-state index contributed by atoms with van der Waals surface area (Å²) < 4.78 is 40.4. The molecule has 1 aliphatic heterocycles. The Kier molecular flexibility index (Phi) is 6.25. The van der Waals surface area contributed by atoms with Gasteiger partial charge in [0.1, 0.15) is 5.60 Å². The molecule has 0 aliphatic carbocycles. The van der Waals surface area contributed by atoms with Gasteiger partial charge >= 0.3 is 12.7 Å². The van der Waals surface area contributed by atoms with Crippen LogP contribution < -0.4 is 4.74 Å². The number of aryl methyl sites for hydroxylation is 2. The van der Waals surface area contributed by atoms with E-state index in [-0.39, 0.29) is 17.8 Å². The number of halogens is 2. The number of ether oxygens (including phenoxy) is 2. The number of hydrogen-bond donors (Lipinski definition) is 0. The van der Waals surface area contributed by atoms with Gasteiger partial charge in [-0.15, -0.1) is 0 Å². The number of aromatic nitrogens is 5. The Morgan fingerprint density at radius 2 is 1.78 bits per heavy atom. The highest BCUT2D eigenvalue weighted by molar-refractivity contribution is 5.69. The smallest absolute Gasteiger partial charge is 0.410 e. The molecule has 5 rings (SSSR count). The van der Waals surface area contributed by atoms with E-state index in [1.807, 2.05) is 59.3 Å². The van der Waals surface area contributed by atoms with Gasteiger partial charge in [0.2, 0.25) is 0 Å². The quantitative estimate of drug-likeness (QED) is 0.365. The zero-order chi connectivity index (χ0) is 26.5. The van der Waals surface area contributed by atoms with E-state index in [0.717, 1.165) is 22.6 Å². The molecule has 4 aromatic heterocycles. The van der Waals surface area contributed by atoms with Crippen LogP contribution in [0.15, 0.2) is 30.7 Å². The summed E-state index contributed by atoms with van der Waals surface area (Å²) in [6.45, 7) is 7.41. The molecule has 0 bridgehead atoms. The first-order valence-corrected chi connectivity index (χ1v) is 12.3. The zero-order valence-electron chi connectivity index (χ0n) is 21.5. The molecular weight excluding hydrogens is 482 g/mol. The highest BCUT2D eigenvalue weighted by atomic mass is 19.3. The standard InChI is InChI=1S/C26H30F2N6O3/c1-15-10-19(31-34-12-16(2)29-22(15)34)18-11-21(36-24(27)28)23-30-20(14-33(23)13-18)17-6-8-32(9-7-17)25(35)37-26(3,4)5/h10-14,17,24H,6-9H2,1-5H3. The third-order valence-electron chi connectivity index (χ3n) is 6.34. The molecule has 9 nitrogen and oxygen atoms in total. The number of alkyl halides is 2. The maximum atomic E-state index is 13.3. The van der Waals surface area contributed by atoms with Gasteiger partial charge < -0.3 is 18.8 Å². The minimum atomic E-state index is -3.00. The molecule has 0 atom stereocenters. The van der Waals surface area contributed by atoms with Crippen molar-refractivity contribution in [2.75, 3.05) is 13.1 Å². The van der Waals surface area contributed by atoms with Crippen LogP contribution in [0.25, 0.3) is 22.6 Å². The summed E-state index contributed by atoms with van der Waals surface area (Å²) in [5.41, 5.74) is 4.24.